The molecule has 1 unspecified atom stereocenters. The fourth-order valence-electron chi connectivity index (χ4n) is 2.76. The fourth-order valence-corrected chi connectivity index (χ4v) is 2.98. The number of anilines is 1. The number of hydrogen-bond acceptors (Lipinski definition) is 5. The number of ether oxygens (including phenoxy) is 1. The Kier molecular flexibility index (Phi) is 5.93. The molecule has 1 aromatic heterocycles. The van der Waals surface area contributed by atoms with Crippen LogP contribution >= 0.6 is 11.6 Å². The van der Waals surface area contributed by atoms with Crippen molar-refractivity contribution in [3.05, 3.63) is 69.4 Å². The van der Waals surface area contributed by atoms with E-state index in [2.05, 4.69) is 10.4 Å². The first-order valence-electron chi connectivity index (χ1n) is 8.66. The normalized spacial score (nSPS) is 11.9. The van der Waals surface area contributed by atoms with Gasteiger partial charge in [-0.15, -0.1) is 0 Å². The van der Waals surface area contributed by atoms with Gasteiger partial charge in [0.1, 0.15) is 5.82 Å². The molecule has 9 heteroatoms. The summed E-state index contributed by atoms with van der Waals surface area (Å²) in [6.07, 6.45) is -1.34. The van der Waals surface area contributed by atoms with Crippen molar-refractivity contribution in [3.8, 4) is 0 Å². The zero-order valence-corrected chi connectivity index (χ0v) is 16.4. The molecule has 1 N–H and O–H groups in total. The molecule has 1 atom stereocenters. The Morgan fingerprint density at radius 2 is 1.93 bits per heavy atom. The summed E-state index contributed by atoms with van der Waals surface area (Å²) in [5.74, 6) is -1.84. The van der Waals surface area contributed by atoms with E-state index in [1.165, 1.54) is 20.0 Å². The van der Waals surface area contributed by atoms with Crippen molar-refractivity contribution in [2.75, 3.05) is 5.32 Å². The summed E-state index contributed by atoms with van der Waals surface area (Å²) in [7, 11) is 1.49. The Hall–Kier alpha value is -3.26. The maximum absolute atomic E-state index is 13.1. The van der Waals surface area contributed by atoms with E-state index in [1.54, 1.807) is 24.3 Å². The van der Waals surface area contributed by atoms with Crippen molar-refractivity contribution in [2.45, 2.75) is 19.4 Å². The molecule has 3 aromatic rings. The molecule has 2 aromatic carbocycles. The smallest absolute Gasteiger partial charge is 0.312 e. The first-order chi connectivity index (χ1) is 13.8. The van der Waals surface area contributed by atoms with Gasteiger partial charge in [0, 0.05) is 12.4 Å². The molecule has 0 aliphatic carbocycles. The van der Waals surface area contributed by atoms with E-state index in [0.29, 0.717) is 16.5 Å². The Labute approximate surface area is 170 Å². The molecule has 0 aliphatic rings. The average molecular weight is 418 g/mol. The highest BCUT2D eigenvalue weighted by atomic mass is 35.5. The molecule has 0 saturated carbocycles. The third-order valence-electron chi connectivity index (χ3n) is 4.21. The summed E-state index contributed by atoms with van der Waals surface area (Å²) in [5, 5.41) is 7.61. The number of carbonyl (C=O) groups is 2. The highest BCUT2D eigenvalue weighted by Gasteiger charge is 2.21. The zero-order valence-electron chi connectivity index (χ0n) is 15.6. The molecular formula is C20H17ClFN3O4. The van der Waals surface area contributed by atoms with Gasteiger partial charge in [0.05, 0.1) is 28.2 Å². The van der Waals surface area contributed by atoms with Crippen LogP contribution in [0.1, 0.15) is 12.6 Å². The van der Waals surface area contributed by atoms with E-state index in [-0.39, 0.29) is 22.7 Å². The van der Waals surface area contributed by atoms with Crippen LogP contribution in [0.4, 0.5) is 10.1 Å². The van der Waals surface area contributed by atoms with Crippen LogP contribution in [0.25, 0.3) is 10.8 Å². The number of nitrogens with one attached hydrogen (secondary N) is 1. The Morgan fingerprint density at radius 1 is 1.24 bits per heavy atom. The molecule has 150 valence electrons. The summed E-state index contributed by atoms with van der Waals surface area (Å²) in [6.45, 7) is 1.40. The number of fused-ring (bicyclic) bond motifs is 1. The molecule has 3 rings (SSSR count). The number of aromatic nitrogens is 2. The van der Waals surface area contributed by atoms with E-state index in [1.807, 2.05) is 0 Å². The summed E-state index contributed by atoms with van der Waals surface area (Å²) in [5.41, 5.74) is 0.287. The second kappa shape index (κ2) is 8.40. The van der Waals surface area contributed by atoms with Gasteiger partial charge >= 0.3 is 5.97 Å². The molecular weight excluding hydrogens is 401 g/mol. The highest BCUT2D eigenvalue weighted by Crippen LogP contribution is 2.22. The second-order valence-corrected chi connectivity index (χ2v) is 6.75. The molecule has 0 saturated heterocycles. The Bertz CT molecular complexity index is 1160. The summed E-state index contributed by atoms with van der Waals surface area (Å²) >= 11 is 5.88. The minimum atomic E-state index is -1.12. The first kappa shape index (κ1) is 20.5. The number of carbonyl (C=O) groups excluding carboxylic acids is 2. The zero-order chi connectivity index (χ0) is 21.1. The van der Waals surface area contributed by atoms with Crippen molar-refractivity contribution in [2.24, 2.45) is 7.05 Å². The number of aryl methyl sites for hydroxylation is 1. The van der Waals surface area contributed by atoms with Crippen molar-refractivity contribution in [1.82, 2.24) is 9.78 Å². The number of benzene rings is 2. The van der Waals surface area contributed by atoms with Crippen LogP contribution in [0.2, 0.25) is 5.02 Å². The number of hydrogen-bond donors (Lipinski definition) is 1. The third kappa shape index (κ3) is 4.60. The molecule has 29 heavy (non-hydrogen) atoms. The van der Waals surface area contributed by atoms with Crippen LogP contribution in [0.3, 0.4) is 0 Å². The van der Waals surface area contributed by atoms with Crippen LogP contribution < -0.4 is 10.9 Å². The predicted molar refractivity (Wildman–Crippen MR) is 106 cm³/mol. The van der Waals surface area contributed by atoms with Gasteiger partial charge in [0.15, 0.2) is 6.10 Å². The third-order valence-corrected chi connectivity index (χ3v) is 4.52. The standard InChI is InChI=1S/C20H17ClFN3O4/c1-11(19(27)23-16-8-7-12(22)9-15(16)21)29-18(26)10-17-13-5-3-4-6-14(13)20(28)25(2)24-17/h3-9,11H,10H2,1-2H3,(H,23,27). The Morgan fingerprint density at radius 3 is 2.62 bits per heavy atom. The topological polar surface area (TPSA) is 90.3 Å². The SMILES string of the molecule is CC(OC(=O)Cc1nn(C)c(=O)c2ccccc12)C(=O)Nc1ccc(F)cc1Cl. The van der Waals surface area contributed by atoms with Crippen molar-refractivity contribution in [1.29, 1.82) is 0 Å². The van der Waals surface area contributed by atoms with Crippen LogP contribution in [-0.2, 0) is 27.8 Å². The summed E-state index contributed by atoms with van der Waals surface area (Å²) < 4.78 is 19.4. The van der Waals surface area contributed by atoms with E-state index in [4.69, 9.17) is 16.3 Å². The number of rotatable bonds is 5. The quantitative estimate of drug-likeness (QED) is 0.645. The first-order valence-corrected chi connectivity index (χ1v) is 9.04. The minimum Gasteiger partial charge on any atom is -0.452 e. The van der Waals surface area contributed by atoms with Gasteiger partial charge in [0.25, 0.3) is 11.5 Å². The molecule has 0 radical (unpaired) electrons. The van der Waals surface area contributed by atoms with E-state index >= 15 is 0 Å². The van der Waals surface area contributed by atoms with Gasteiger partial charge < -0.3 is 10.1 Å². The number of nitrogens with zero attached hydrogens (tertiary/aromatic N) is 2. The van der Waals surface area contributed by atoms with Crippen molar-refractivity contribution < 1.29 is 18.7 Å². The largest absolute Gasteiger partial charge is 0.452 e. The van der Waals surface area contributed by atoms with Gasteiger partial charge in [-0.1, -0.05) is 29.8 Å². The van der Waals surface area contributed by atoms with Crippen molar-refractivity contribution in [3.63, 3.8) is 0 Å². The maximum Gasteiger partial charge on any atom is 0.312 e. The summed E-state index contributed by atoms with van der Waals surface area (Å²) in [4.78, 5) is 36.7. The lowest BCUT2D eigenvalue weighted by Crippen LogP contribution is -2.31. The van der Waals surface area contributed by atoms with E-state index < -0.39 is 23.8 Å². The molecule has 1 amide bonds. The van der Waals surface area contributed by atoms with Crippen LogP contribution in [0.15, 0.2) is 47.3 Å². The highest BCUT2D eigenvalue weighted by molar-refractivity contribution is 6.33. The van der Waals surface area contributed by atoms with Gasteiger partial charge in [-0.3, -0.25) is 14.4 Å². The molecule has 0 spiro atoms. The van der Waals surface area contributed by atoms with Gasteiger partial charge in [-0.05, 0) is 31.2 Å². The number of halogens is 2. The summed E-state index contributed by atoms with van der Waals surface area (Å²) in [6, 6.07) is 10.3. The lowest BCUT2D eigenvalue weighted by molar-refractivity contribution is -0.152. The molecule has 0 aliphatic heterocycles. The molecule has 0 bridgehead atoms. The molecule has 0 fully saturated rings. The fraction of sp³-hybridized carbons (Fsp3) is 0.200. The molecule has 7 nitrogen and oxygen atoms in total. The number of amides is 1. The van der Waals surface area contributed by atoms with Crippen LogP contribution in [0, 0.1) is 5.82 Å². The lowest BCUT2D eigenvalue weighted by atomic mass is 10.1. The predicted octanol–water partition coefficient (Wildman–Crippen LogP) is 2.84. The Balaban J connectivity index is 1.71. The van der Waals surface area contributed by atoms with Gasteiger partial charge in [0.2, 0.25) is 0 Å². The van der Waals surface area contributed by atoms with Crippen molar-refractivity contribution >= 4 is 39.9 Å². The van der Waals surface area contributed by atoms with Gasteiger partial charge in [-0.25, -0.2) is 9.07 Å². The molecule has 1 heterocycles. The average Bonchev–Trinajstić information content (AvgIpc) is 2.68. The second-order valence-electron chi connectivity index (χ2n) is 6.34. The monoisotopic (exact) mass is 417 g/mol. The van der Waals surface area contributed by atoms with Crippen LogP contribution in [-0.4, -0.2) is 27.8 Å². The van der Waals surface area contributed by atoms with E-state index in [9.17, 15) is 18.8 Å². The maximum atomic E-state index is 13.1. The van der Waals surface area contributed by atoms with Crippen LogP contribution in [0.5, 0.6) is 0 Å². The number of esters is 1. The minimum absolute atomic E-state index is 0.0257. The van der Waals surface area contributed by atoms with Gasteiger partial charge in [-0.2, -0.15) is 5.10 Å². The van der Waals surface area contributed by atoms with E-state index in [0.717, 1.165) is 16.8 Å². The lowest BCUT2D eigenvalue weighted by Gasteiger charge is -2.14.